The number of carbonyl (C=O) groups is 1. The third-order valence-electron chi connectivity index (χ3n) is 4.40. The van der Waals surface area contributed by atoms with E-state index in [0.29, 0.717) is 10.7 Å². The molecule has 3 atom stereocenters. The highest BCUT2D eigenvalue weighted by molar-refractivity contribution is 7.89. The van der Waals surface area contributed by atoms with Crippen LogP contribution in [0.3, 0.4) is 0 Å². The summed E-state index contributed by atoms with van der Waals surface area (Å²) in [6.45, 7) is 0. The van der Waals surface area contributed by atoms with Crippen molar-refractivity contribution in [2.24, 2.45) is 5.92 Å². The molecule has 0 aromatic heterocycles. The molecular weight excluding hydrogens is 342 g/mol. The summed E-state index contributed by atoms with van der Waals surface area (Å²) in [4.78, 5) is 9.44. The van der Waals surface area contributed by atoms with E-state index >= 15 is 0 Å². The molecule has 2 aliphatic heterocycles. The van der Waals surface area contributed by atoms with E-state index in [9.17, 15) is 30.8 Å². The van der Waals surface area contributed by atoms with Crippen LogP contribution in [-0.4, -0.2) is 35.9 Å². The third-order valence-corrected chi connectivity index (χ3v) is 6.40. The quantitative estimate of drug-likeness (QED) is 0.665. The van der Waals surface area contributed by atoms with Crippen LogP contribution in [0.1, 0.15) is 19.3 Å². The van der Waals surface area contributed by atoms with E-state index in [1.807, 2.05) is 0 Å². The highest BCUT2D eigenvalue weighted by atomic mass is 32.2. The fourth-order valence-electron chi connectivity index (χ4n) is 3.46. The summed E-state index contributed by atoms with van der Waals surface area (Å²) in [6, 6.07) is -1.81. The van der Waals surface area contributed by atoms with E-state index in [4.69, 9.17) is 5.11 Å². The molecule has 1 aromatic carbocycles. The average Bonchev–Trinajstić information content (AvgIpc) is 3.03. The summed E-state index contributed by atoms with van der Waals surface area (Å²) < 4.78 is 80.0. The monoisotopic (exact) mass is 353 g/mol. The van der Waals surface area contributed by atoms with Gasteiger partial charge in [0.25, 0.3) is 0 Å². The SMILES string of the molecule is O=C(O)C1CC2CCC1N2S(=O)(=O)c1c(F)c(F)cc(F)c1F. The Hall–Kier alpha value is -1.68. The second kappa shape index (κ2) is 5.17. The van der Waals surface area contributed by atoms with Crippen LogP contribution in [0.4, 0.5) is 17.6 Å². The number of hydrogen-bond donors (Lipinski definition) is 1. The number of aliphatic carboxylic acids is 1. The van der Waals surface area contributed by atoms with Gasteiger partial charge in [-0.15, -0.1) is 0 Å². The molecule has 2 saturated heterocycles. The van der Waals surface area contributed by atoms with Gasteiger partial charge in [-0.2, -0.15) is 4.31 Å². The van der Waals surface area contributed by atoms with Gasteiger partial charge >= 0.3 is 5.97 Å². The van der Waals surface area contributed by atoms with Crippen LogP contribution >= 0.6 is 0 Å². The lowest BCUT2D eigenvalue weighted by Crippen LogP contribution is -2.38. The first kappa shape index (κ1) is 16.2. The molecule has 1 N–H and O–H groups in total. The molecule has 0 aliphatic carbocycles. The van der Waals surface area contributed by atoms with Crippen molar-refractivity contribution in [1.82, 2.24) is 4.31 Å². The topological polar surface area (TPSA) is 74.7 Å². The molecule has 3 rings (SSSR count). The summed E-state index contributed by atoms with van der Waals surface area (Å²) in [5, 5.41) is 9.10. The Balaban J connectivity index is 2.13. The molecule has 1 aromatic rings. The van der Waals surface area contributed by atoms with Gasteiger partial charge in [0.15, 0.2) is 28.2 Å². The van der Waals surface area contributed by atoms with E-state index in [0.717, 1.165) is 0 Å². The summed E-state index contributed by atoms with van der Waals surface area (Å²) in [6.07, 6.45) is 0.539. The highest BCUT2D eigenvalue weighted by Gasteiger charge is 2.55. The molecule has 0 amide bonds. The zero-order valence-electron chi connectivity index (χ0n) is 11.5. The minimum atomic E-state index is -4.91. The number of nitrogens with zero attached hydrogens (tertiary/aromatic N) is 1. The summed E-state index contributed by atoms with van der Waals surface area (Å²) >= 11 is 0. The van der Waals surface area contributed by atoms with Crippen LogP contribution in [-0.2, 0) is 14.8 Å². The van der Waals surface area contributed by atoms with Crippen molar-refractivity contribution >= 4 is 16.0 Å². The Labute approximate surface area is 128 Å². The van der Waals surface area contributed by atoms with E-state index < -0.39 is 62.2 Å². The molecule has 2 aliphatic rings. The molecule has 126 valence electrons. The van der Waals surface area contributed by atoms with E-state index in [1.165, 1.54) is 0 Å². The minimum Gasteiger partial charge on any atom is -0.481 e. The number of carboxylic acid groups (broad SMARTS) is 1. The largest absolute Gasteiger partial charge is 0.481 e. The van der Waals surface area contributed by atoms with Gasteiger partial charge in [0.05, 0.1) is 5.92 Å². The average molecular weight is 353 g/mol. The number of halogens is 4. The Morgan fingerprint density at radius 2 is 1.70 bits per heavy atom. The van der Waals surface area contributed by atoms with Crippen LogP contribution in [0, 0.1) is 29.2 Å². The molecule has 2 heterocycles. The second-order valence-electron chi connectivity index (χ2n) is 5.61. The molecule has 3 unspecified atom stereocenters. The van der Waals surface area contributed by atoms with Crippen LogP contribution in [0.2, 0.25) is 0 Å². The third kappa shape index (κ3) is 2.23. The predicted molar refractivity (Wildman–Crippen MR) is 67.9 cm³/mol. The Morgan fingerprint density at radius 3 is 2.17 bits per heavy atom. The molecule has 2 bridgehead atoms. The van der Waals surface area contributed by atoms with Gasteiger partial charge < -0.3 is 5.11 Å². The normalized spacial score (nSPS) is 27.6. The maximum atomic E-state index is 13.8. The van der Waals surface area contributed by atoms with Crippen molar-refractivity contribution in [3.63, 3.8) is 0 Å². The van der Waals surface area contributed by atoms with Crippen molar-refractivity contribution in [3.8, 4) is 0 Å². The number of sulfonamides is 1. The van der Waals surface area contributed by atoms with E-state index in [2.05, 4.69) is 0 Å². The van der Waals surface area contributed by atoms with Crippen LogP contribution in [0.25, 0.3) is 0 Å². The summed E-state index contributed by atoms with van der Waals surface area (Å²) in [5.41, 5.74) is 0. The van der Waals surface area contributed by atoms with Crippen molar-refractivity contribution in [2.75, 3.05) is 0 Å². The Morgan fingerprint density at radius 1 is 1.13 bits per heavy atom. The Kier molecular flexibility index (Phi) is 3.64. The summed E-state index contributed by atoms with van der Waals surface area (Å²) in [5.74, 6) is -9.91. The number of benzene rings is 1. The van der Waals surface area contributed by atoms with Crippen LogP contribution in [0.15, 0.2) is 11.0 Å². The van der Waals surface area contributed by atoms with Crippen LogP contribution in [0.5, 0.6) is 0 Å². The number of carboxylic acids is 1. The summed E-state index contributed by atoms with van der Waals surface area (Å²) in [7, 11) is -4.91. The molecule has 0 spiro atoms. The first-order valence-electron chi connectivity index (χ1n) is 6.75. The van der Waals surface area contributed by atoms with Gasteiger partial charge in [-0.25, -0.2) is 26.0 Å². The van der Waals surface area contributed by atoms with Crippen molar-refractivity contribution in [2.45, 2.75) is 36.2 Å². The maximum absolute atomic E-state index is 13.8. The van der Waals surface area contributed by atoms with Gasteiger partial charge in [-0.1, -0.05) is 0 Å². The van der Waals surface area contributed by atoms with Gasteiger partial charge in [-0.05, 0) is 19.3 Å². The first-order valence-corrected chi connectivity index (χ1v) is 8.19. The Bertz CT molecular complexity index is 771. The lowest BCUT2D eigenvalue weighted by molar-refractivity contribution is -0.142. The second-order valence-corrected chi connectivity index (χ2v) is 7.39. The lowest BCUT2D eigenvalue weighted by Gasteiger charge is -2.23. The fourth-order valence-corrected chi connectivity index (χ4v) is 5.51. The maximum Gasteiger partial charge on any atom is 0.308 e. The van der Waals surface area contributed by atoms with Gasteiger partial charge in [0, 0.05) is 18.2 Å². The molecule has 5 nitrogen and oxygen atoms in total. The zero-order valence-corrected chi connectivity index (χ0v) is 12.3. The lowest BCUT2D eigenvalue weighted by atomic mass is 9.89. The molecule has 2 fully saturated rings. The molecule has 0 radical (unpaired) electrons. The standard InChI is InChI=1S/C13H11F4NO4S/c14-7-4-8(15)11(17)12(10(7)16)23(21,22)18-5-1-2-9(18)6(3-5)13(19)20/h4-6,9H,1-3H2,(H,19,20). The number of rotatable bonds is 3. The highest BCUT2D eigenvalue weighted by Crippen LogP contribution is 2.45. The molecular formula is C13H11F4NO4S. The smallest absolute Gasteiger partial charge is 0.308 e. The molecule has 0 saturated carbocycles. The number of hydrogen-bond acceptors (Lipinski definition) is 3. The molecule has 23 heavy (non-hydrogen) atoms. The van der Waals surface area contributed by atoms with E-state index in [1.54, 1.807) is 0 Å². The minimum absolute atomic E-state index is 0.000264. The van der Waals surface area contributed by atoms with Gasteiger partial charge in [0.1, 0.15) is 0 Å². The molecule has 10 heteroatoms. The predicted octanol–water partition coefficient (Wildman–Crippen LogP) is 1.87. The number of fused-ring (bicyclic) bond motifs is 2. The zero-order chi connectivity index (χ0) is 17.1. The first-order chi connectivity index (χ1) is 10.7. The van der Waals surface area contributed by atoms with Crippen LogP contribution < -0.4 is 0 Å². The van der Waals surface area contributed by atoms with Gasteiger partial charge in [0.2, 0.25) is 10.0 Å². The van der Waals surface area contributed by atoms with Crippen molar-refractivity contribution < 1.29 is 35.9 Å². The van der Waals surface area contributed by atoms with E-state index in [-0.39, 0.29) is 18.9 Å². The van der Waals surface area contributed by atoms with Crippen molar-refractivity contribution in [3.05, 3.63) is 29.3 Å². The fraction of sp³-hybridized carbons (Fsp3) is 0.462. The van der Waals surface area contributed by atoms with Gasteiger partial charge in [-0.3, -0.25) is 4.79 Å². The van der Waals surface area contributed by atoms with Crippen molar-refractivity contribution in [1.29, 1.82) is 0 Å².